The summed E-state index contributed by atoms with van der Waals surface area (Å²) in [6, 6.07) is 7.63. The standard InChI is InChI=1S/C18H20ClNO/c1-4-8-15(9-5-2)20-14(6-3)12-13-10-7-11-16(19)17(13)18(20)21/h4,7-12H,5-6H2,1-3H3/b8-4-,15-9+. The van der Waals surface area contributed by atoms with E-state index in [1.165, 1.54) is 0 Å². The summed E-state index contributed by atoms with van der Waals surface area (Å²) < 4.78 is 1.78. The van der Waals surface area contributed by atoms with Gasteiger partial charge in [-0.25, -0.2) is 0 Å². The minimum absolute atomic E-state index is 0.0484. The second-order valence-electron chi connectivity index (χ2n) is 4.87. The van der Waals surface area contributed by atoms with Crippen LogP contribution in [0.2, 0.25) is 5.02 Å². The van der Waals surface area contributed by atoms with Crippen molar-refractivity contribution in [2.45, 2.75) is 33.6 Å². The largest absolute Gasteiger partial charge is 0.281 e. The highest BCUT2D eigenvalue weighted by Gasteiger charge is 2.12. The maximum Gasteiger partial charge on any atom is 0.264 e. The van der Waals surface area contributed by atoms with Gasteiger partial charge in [-0.1, -0.05) is 49.7 Å². The number of benzene rings is 1. The molecule has 2 nitrogen and oxygen atoms in total. The first-order valence-corrected chi connectivity index (χ1v) is 7.68. The Morgan fingerprint density at radius 1 is 1.33 bits per heavy atom. The van der Waals surface area contributed by atoms with Gasteiger partial charge in [-0.3, -0.25) is 9.36 Å². The molecule has 0 aliphatic rings. The molecule has 0 N–H and O–H groups in total. The molecule has 2 aromatic rings. The molecular weight excluding hydrogens is 282 g/mol. The summed E-state index contributed by atoms with van der Waals surface area (Å²) in [7, 11) is 0. The van der Waals surface area contributed by atoms with Crippen molar-refractivity contribution in [1.82, 2.24) is 4.57 Å². The molecule has 110 valence electrons. The van der Waals surface area contributed by atoms with Crippen LogP contribution >= 0.6 is 11.6 Å². The van der Waals surface area contributed by atoms with Crippen LogP contribution < -0.4 is 5.56 Å². The van der Waals surface area contributed by atoms with Crippen LogP contribution in [0.25, 0.3) is 16.5 Å². The number of allylic oxidation sites excluding steroid dienone is 4. The number of pyridine rings is 1. The smallest absolute Gasteiger partial charge is 0.264 e. The number of fused-ring (bicyclic) bond motifs is 1. The highest BCUT2D eigenvalue weighted by Crippen LogP contribution is 2.23. The number of aromatic nitrogens is 1. The fourth-order valence-electron chi connectivity index (χ4n) is 2.53. The first-order valence-electron chi connectivity index (χ1n) is 7.30. The minimum atomic E-state index is -0.0484. The lowest BCUT2D eigenvalue weighted by atomic mass is 10.1. The Hall–Kier alpha value is -1.80. The number of rotatable bonds is 4. The average Bonchev–Trinajstić information content (AvgIpc) is 2.46. The van der Waals surface area contributed by atoms with Gasteiger partial charge in [-0.2, -0.15) is 0 Å². The van der Waals surface area contributed by atoms with Crippen molar-refractivity contribution >= 4 is 28.1 Å². The Morgan fingerprint density at radius 2 is 2.10 bits per heavy atom. The van der Waals surface area contributed by atoms with Crippen molar-refractivity contribution in [2.24, 2.45) is 0 Å². The Balaban J connectivity index is 2.90. The Bertz CT molecular complexity index is 769. The summed E-state index contributed by atoms with van der Waals surface area (Å²) in [6.45, 7) is 6.07. The monoisotopic (exact) mass is 301 g/mol. The van der Waals surface area contributed by atoms with Crippen molar-refractivity contribution < 1.29 is 0 Å². The summed E-state index contributed by atoms with van der Waals surface area (Å²) in [5.41, 5.74) is 1.85. The van der Waals surface area contributed by atoms with E-state index < -0.39 is 0 Å². The quantitative estimate of drug-likeness (QED) is 0.725. The summed E-state index contributed by atoms with van der Waals surface area (Å²) in [6.07, 6.45) is 7.63. The topological polar surface area (TPSA) is 22.0 Å². The summed E-state index contributed by atoms with van der Waals surface area (Å²) in [5, 5.41) is 1.99. The predicted octanol–water partition coefficient (Wildman–Crippen LogP) is 5.04. The molecule has 0 amide bonds. The van der Waals surface area contributed by atoms with Gasteiger partial charge in [0.15, 0.2) is 0 Å². The highest BCUT2D eigenvalue weighted by atomic mass is 35.5. The van der Waals surface area contributed by atoms with Gasteiger partial charge >= 0.3 is 0 Å². The van der Waals surface area contributed by atoms with Gasteiger partial charge in [0.1, 0.15) is 0 Å². The summed E-state index contributed by atoms with van der Waals surface area (Å²) >= 11 is 6.24. The molecule has 0 atom stereocenters. The van der Waals surface area contributed by atoms with E-state index in [0.29, 0.717) is 10.4 Å². The highest BCUT2D eigenvalue weighted by molar-refractivity contribution is 6.35. The van der Waals surface area contributed by atoms with Gasteiger partial charge in [0.2, 0.25) is 0 Å². The molecule has 0 saturated heterocycles. The van der Waals surface area contributed by atoms with E-state index in [1.54, 1.807) is 10.6 Å². The van der Waals surface area contributed by atoms with Gasteiger partial charge < -0.3 is 0 Å². The zero-order chi connectivity index (χ0) is 15.4. The molecule has 0 saturated carbocycles. The van der Waals surface area contributed by atoms with E-state index in [-0.39, 0.29) is 5.56 Å². The van der Waals surface area contributed by atoms with Crippen molar-refractivity contribution in [1.29, 1.82) is 0 Å². The van der Waals surface area contributed by atoms with Crippen LogP contribution in [-0.2, 0) is 6.42 Å². The molecule has 2 rings (SSSR count). The number of hydrogen-bond donors (Lipinski definition) is 0. The van der Waals surface area contributed by atoms with E-state index in [9.17, 15) is 4.79 Å². The van der Waals surface area contributed by atoms with Gasteiger partial charge in [0, 0.05) is 11.4 Å². The zero-order valence-electron chi connectivity index (χ0n) is 12.7. The third-order valence-corrected chi connectivity index (χ3v) is 3.76. The predicted molar refractivity (Wildman–Crippen MR) is 92.0 cm³/mol. The molecule has 1 heterocycles. The SMILES string of the molecule is C/C=C\C(=C/CC)n1c(CC)cc2cccc(Cl)c2c1=O. The van der Waals surface area contributed by atoms with Gasteiger partial charge in [-0.15, -0.1) is 0 Å². The Kier molecular flexibility index (Phi) is 5.03. The van der Waals surface area contributed by atoms with Crippen LogP contribution in [0.5, 0.6) is 0 Å². The fourth-order valence-corrected chi connectivity index (χ4v) is 2.79. The van der Waals surface area contributed by atoms with Gasteiger partial charge in [0.05, 0.1) is 10.4 Å². The molecule has 0 aliphatic carbocycles. The first-order chi connectivity index (χ1) is 10.1. The summed E-state index contributed by atoms with van der Waals surface area (Å²) in [5.74, 6) is 0. The van der Waals surface area contributed by atoms with Crippen LogP contribution in [0.4, 0.5) is 0 Å². The molecule has 1 aromatic carbocycles. The van der Waals surface area contributed by atoms with Crippen molar-refractivity contribution in [3.05, 3.63) is 63.6 Å². The van der Waals surface area contributed by atoms with Crippen molar-refractivity contribution in [3.8, 4) is 0 Å². The molecule has 0 bridgehead atoms. The van der Waals surface area contributed by atoms with Gasteiger partial charge in [0.25, 0.3) is 5.56 Å². The molecule has 0 aliphatic heterocycles. The minimum Gasteiger partial charge on any atom is -0.281 e. The van der Waals surface area contributed by atoms with Crippen LogP contribution in [0.1, 0.15) is 32.9 Å². The number of aryl methyl sites for hydroxylation is 1. The Labute approximate surface area is 130 Å². The van der Waals surface area contributed by atoms with Crippen LogP contribution in [0.15, 0.2) is 47.3 Å². The van der Waals surface area contributed by atoms with Crippen LogP contribution in [0.3, 0.4) is 0 Å². The molecule has 1 aromatic heterocycles. The maximum absolute atomic E-state index is 12.9. The lowest BCUT2D eigenvalue weighted by Gasteiger charge is -2.15. The maximum atomic E-state index is 12.9. The number of hydrogen-bond acceptors (Lipinski definition) is 1. The summed E-state index contributed by atoms with van der Waals surface area (Å²) in [4.78, 5) is 12.9. The van der Waals surface area contributed by atoms with E-state index >= 15 is 0 Å². The molecular formula is C18H20ClNO. The fraction of sp³-hybridized carbons (Fsp3) is 0.278. The van der Waals surface area contributed by atoms with E-state index in [1.807, 2.05) is 31.2 Å². The second-order valence-corrected chi connectivity index (χ2v) is 5.28. The van der Waals surface area contributed by atoms with E-state index in [0.717, 1.165) is 29.6 Å². The Morgan fingerprint density at radius 3 is 2.71 bits per heavy atom. The molecule has 0 spiro atoms. The molecule has 0 fully saturated rings. The third-order valence-electron chi connectivity index (χ3n) is 3.44. The zero-order valence-corrected chi connectivity index (χ0v) is 13.4. The van der Waals surface area contributed by atoms with Crippen molar-refractivity contribution in [2.75, 3.05) is 0 Å². The third kappa shape index (κ3) is 2.96. The van der Waals surface area contributed by atoms with Crippen molar-refractivity contribution in [3.63, 3.8) is 0 Å². The van der Waals surface area contributed by atoms with Crippen LogP contribution in [-0.4, -0.2) is 4.57 Å². The first kappa shape index (κ1) is 15.6. The van der Waals surface area contributed by atoms with Crippen LogP contribution in [0, 0.1) is 0 Å². The lowest BCUT2D eigenvalue weighted by Crippen LogP contribution is -2.22. The molecule has 0 unspecified atom stereocenters. The number of halogens is 1. The normalized spacial score (nSPS) is 12.5. The molecule has 21 heavy (non-hydrogen) atoms. The average molecular weight is 302 g/mol. The number of nitrogens with zero attached hydrogens (tertiary/aromatic N) is 1. The van der Waals surface area contributed by atoms with Gasteiger partial charge in [-0.05, 0) is 43.4 Å². The molecule has 3 heteroatoms. The lowest BCUT2D eigenvalue weighted by molar-refractivity contribution is 0.907. The van der Waals surface area contributed by atoms with E-state index in [2.05, 4.69) is 26.0 Å². The van der Waals surface area contributed by atoms with E-state index in [4.69, 9.17) is 11.6 Å². The second kappa shape index (κ2) is 6.77. The molecule has 0 radical (unpaired) electrons.